The summed E-state index contributed by atoms with van der Waals surface area (Å²) in [7, 11) is 3.10. The van der Waals surface area contributed by atoms with E-state index in [-0.39, 0.29) is 13.2 Å². The highest BCUT2D eigenvalue weighted by Crippen LogP contribution is 2.14. The fourth-order valence-corrected chi connectivity index (χ4v) is 2.01. The fourth-order valence-electron chi connectivity index (χ4n) is 2.01. The molecule has 0 saturated carbocycles. The smallest absolute Gasteiger partial charge is 0.257 e. The highest BCUT2D eigenvalue weighted by Gasteiger charge is 2.21. The summed E-state index contributed by atoms with van der Waals surface area (Å²) < 4.78 is 9.90. The average Bonchev–Trinajstić information content (AvgIpc) is 2.55. The van der Waals surface area contributed by atoms with Crippen LogP contribution in [0.3, 0.4) is 0 Å². The fraction of sp³-hybridized carbons (Fsp3) is 0.500. The van der Waals surface area contributed by atoms with Crippen molar-refractivity contribution in [3.8, 4) is 5.75 Å². The number of carbonyl (C=O) groups excluding carboxylic acids is 2. The van der Waals surface area contributed by atoms with Crippen molar-refractivity contribution in [2.45, 2.75) is 25.4 Å². The van der Waals surface area contributed by atoms with Crippen molar-refractivity contribution in [2.24, 2.45) is 0 Å². The first-order chi connectivity index (χ1) is 10.6. The number of carbonyl (C=O) groups is 2. The molecule has 2 amide bonds. The monoisotopic (exact) mass is 309 g/mol. The number of ether oxygens (including phenoxy) is 2. The molecule has 0 spiro atoms. The molecule has 1 N–H and O–H groups in total. The largest absolute Gasteiger partial charge is 0.497 e. The van der Waals surface area contributed by atoms with Gasteiger partial charge in [0.2, 0.25) is 6.41 Å². The van der Waals surface area contributed by atoms with Crippen LogP contribution in [0.25, 0.3) is 0 Å². The highest BCUT2D eigenvalue weighted by atomic mass is 16.5. The molecule has 1 rings (SSSR count). The van der Waals surface area contributed by atoms with E-state index < -0.39 is 12.0 Å². The molecule has 0 aliphatic rings. The first-order valence-electron chi connectivity index (χ1n) is 7.18. The quantitative estimate of drug-likeness (QED) is 0.653. The Balaban J connectivity index is 2.38. The first kappa shape index (κ1) is 18.1. The molecule has 122 valence electrons. The molecule has 1 aromatic carbocycles. The van der Waals surface area contributed by atoms with Gasteiger partial charge in [-0.15, -0.1) is 0 Å². The predicted octanol–water partition coefficient (Wildman–Crippen LogP) is 1.01. The minimum Gasteiger partial charge on any atom is -0.497 e. The van der Waals surface area contributed by atoms with Gasteiger partial charge in [-0.2, -0.15) is 0 Å². The van der Waals surface area contributed by atoms with Crippen LogP contribution in [-0.2, 0) is 20.7 Å². The van der Waals surface area contributed by atoms with Crippen LogP contribution in [-0.4, -0.2) is 55.8 Å². The predicted molar refractivity (Wildman–Crippen MR) is 81.6 cm³/mol. The van der Waals surface area contributed by atoms with Gasteiger partial charge in [0.25, 0.3) is 5.91 Å². The van der Waals surface area contributed by atoms with E-state index in [0.717, 1.165) is 22.6 Å². The van der Waals surface area contributed by atoms with Gasteiger partial charge < -0.3 is 14.6 Å². The third kappa shape index (κ3) is 5.83. The third-order valence-electron chi connectivity index (χ3n) is 3.33. The lowest BCUT2D eigenvalue weighted by Crippen LogP contribution is -2.40. The minimum absolute atomic E-state index is 0.147. The van der Waals surface area contributed by atoms with Crippen LogP contribution < -0.4 is 4.74 Å². The normalized spacial score (nSPS) is 11.8. The number of rotatable bonds is 10. The van der Waals surface area contributed by atoms with Crippen molar-refractivity contribution >= 4 is 12.3 Å². The van der Waals surface area contributed by atoms with Crippen LogP contribution in [0, 0.1) is 0 Å². The maximum Gasteiger partial charge on any atom is 0.257 e. The lowest BCUT2D eigenvalue weighted by molar-refractivity contribution is -0.146. The Bertz CT molecular complexity index is 460. The maximum atomic E-state index is 11.9. The highest BCUT2D eigenvalue weighted by molar-refractivity contribution is 5.89. The van der Waals surface area contributed by atoms with Crippen LogP contribution >= 0.6 is 0 Å². The second-order valence-electron chi connectivity index (χ2n) is 4.89. The second kappa shape index (κ2) is 9.92. The topological polar surface area (TPSA) is 76.1 Å². The number of aliphatic hydroxyl groups excluding tert-OH is 1. The van der Waals surface area contributed by atoms with Crippen molar-refractivity contribution in [1.82, 2.24) is 4.90 Å². The van der Waals surface area contributed by atoms with Gasteiger partial charge in [0.15, 0.2) is 0 Å². The van der Waals surface area contributed by atoms with Gasteiger partial charge in [0, 0.05) is 7.11 Å². The van der Waals surface area contributed by atoms with E-state index in [1.807, 2.05) is 24.3 Å². The summed E-state index contributed by atoms with van der Waals surface area (Å²) in [6, 6.07) is 7.64. The molecule has 6 nitrogen and oxygen atoms in total. The number of amides is 2. The van der Waals surface area contributed by atoms with Gasteiger partial charge in [-0.25, -0.2) is 0 Å². The summed E-state index contributed by atoms with van der Waals surface area (Å²) >= 11 is 0. The summed E-state index contributed by atoms with van der Waals surface area (Å²) in [5.41, 5.74) is 1.10. The van der Waals surface area contributed by atoms with Gasteiger partial charge in [-0.05, 0) is 37.0 Å². The summed E-state index contributed by atoms with van der Waals surface area (Å²) in [4.78, 5) is 23.7. The molecule has 0 aliphatic carbocycles. The zero-order valence-corrected chi connectivity index (χ0v) is 13.0. The van der Waals surface area contributed by atoms with Crippen molar-refractivity contribution < 1.29 is 24.2 Å². The lowest BCUT2D eigenvalue weighted by atomic mass is 10.1. The van der Waals surface area contributed by atoms with Gasteiger partial charge in [0.1, 0.15) is 11.9 Å². The Morgan fingerprint density at radius 1 is 1.32 bits per heavy atom. The minimum atomic E-state index is -1.17. The second-order valence-corrected chi connectivity index (χ2v) is 4.89. The Morgan fingerprint density at radius 3 is 2.55 bits per heavy atom. The number of nitrogens with zero attached hydrogens (tertiary/aromatic N) is 1. The Morgan fingerprint density at radius 2 is 2.00 bits per heavy atom. The van der Waals surface area contributed by atoms with Crippen LogP contribution in [0.2, 0.25) is 0 Å². The average molecular weight is 309 g/mol. The van der Waals surface area contributed by atoms with E-state index in [0.29, 0.717) is 19.3 Å². The summed E-state index contributed by atoms with van der Waals surface area (Å²) in [5, 5.41) is 9.87. The molecule has 6 heteroatoms. The van der Waals surface area contributed by atoms with Crippen molar-refractivity contribution in [3.05, 3.63) is 29.8 Å². The number of aryl methyl sites for hydroxylation is 1. The number of hydrogen-bond acceptors (Lipinski definition) is 5. The van der Waals surface area contributed by atoms with Gasteiger partial charge in [-0.3, -0.25) is 14.5 Å². The van der Waals surface area contributed by atoms with Crippen molar-refractivity contribution in [2.75, 3.05) is 27.4 Å². The molecule has 0 heterocycles. The summed E-state index contributed by atoms with van der Waals surface area (Å²) in [5.74, 6) is 0.209. The molecule has 22 heavy (non-hydrogen) atoms. The van der Waals surface area contributed by atoms with E-state index in [4.69, 9.17) is 9.47 Å². The van der Waals surface area contributed by atoms with Crippen molar-refractivity contribution in [3.63, 3.8) is 0 Å². The molecular weight excluding hydrogens is 286 g/mol. The zero-order chi connectivity index (χ0) is 16.4. The van der Waals surface area contributed by atoms with Crippen LogP contribution in [0.15, 0.2) is 24.3 Å². The Kier molecular flexibility index (Phi) is 8.17. The number of imide groups is 1. The standard InChI is InChI=1S/C16H23NO5/c1-21-11-10-17(12-18)16(20)15(19)5-3-4-13-6-8-14(22-2)9-7-13/h6-9,12,15,19H,3-5,10-11H2,1-2H3. The molecular formula is C16H23NO5. The number of benzene rings is 1. The SMILES string of the molecule is COCCN(C=O)C(=O)C(O)CCCc1ccc(OC)cc1. The Labute approximate surface area is 130 Å². The molecule has 1 unspecified atom stereocenters. The first-order valence-corrected chi connectivity index (χ1v) is 7.18. The van der Waals surface area contributed by atoms with E-state index in [1.54, 1.807) is 7.11 Å². The van der Waals surface area contributed by atoms with Crippen LogP contribution in [0.4, 0.5) is 0 Å². The lowest BCUT2D eigenvalue weighted by Gasteiger charge is -2.18. The molecule has 0 aromatic heterocycles. The molecule has 1 atom stereocenters. The van der Waals surface area contributed by atoms with E-state index in [1.165, 1.54) is 7.11 Å². The molecule has 0 saturated heterocycles. The van der Waals surface area contributed by atoms with Gasteiger partial charge >= 0.3 is 0 Å². The third-order valence-corrected chi connectivity index (χ3v) is 3.33. The maximum absolute atomic E-state index is 11.9. The molecule has 0 fully saturated rings. The molecule has 0 bridgehead atoms. The van der Waals surface area contributed by atoms with Gasteiger partial charge in [0.05, 0.1) is 20.3 Å². The van der Waals surface area contributed by atoms with Gasteiger partial charge in [-0.1, -0.05) is 12.1 Å². The van der Waals surface area contributed by atoms with E-state index in [9.17, 15) is 14.7 Å². The molecule has 0 radical (unpaired) electrons. The van der Waals surface area contributed by atoms with Crippen molar-refractivity contribution in [1.29, 1.82) is 0 Å². The van der Waals surface area contributed by atoms with Crippen LogP contribution in [0.5, 0.6) is 5.75 Å². The molecule has 0 aliphatic heterocycles. The molecule has 1 aromatic rings. The number of methoxy groups -OCH3 is 2. The summed E-state index contributed by atoms with van der Waals surface area (Å²) in [6.07, 6.45) is 0.959. The Hall–Kier alpha value is -1.92. The number of aliphatic hydroxyl groups is 1. The number of hydrogen-bond donors (Lipinski definition) is 1. The zero-order valence-electron chi connectivity index (χ0n) is 13.0. The summed E-state index contributed by atoms with van der Waals surface area (Å²) in [6.45, 7) is 0.400. The van der Waals surface area contributed by atoms with E-state index in [2.05, 4.69) is 0 Å². The van der Waals surface area contributed by atoms with Crippen LogP contribution in [0.1, 0.15) is 18.4 Å². The van der Waals surface area contributed by atoms with E-state index >= 15 is 0 Å².